The molecule has 0 fully saturated rings. The molecule has 6 nitrogen and oxygen atoms in total. The first-order valence-corrected chi connectivity index (χ1v) is 8.38. The van der Waals surface area contributed by atoms with Crippen molar-refractivity contribution in [1.82, 2.24) is 10.1 Å². The number of hydrogen-bond donors (Lipinski definition) is 1. The second kappa shape index (κ2) is 7.39. The van der Waals surface area contributed by atoms with Crippen LogP contribution in [-0.4, -0.2) is 22.2 Å². The molecule has 2 aromatic carbocycles. The van der Waals surface area contributed by atoms with Crippen molar-refractivity contribution in [3.8, 4) is 17.2 Å². The van der Waals surface area contributed by atoms with Gasteiger partial charge in [0.25, 0.3) is 17.7 Å². The summed E-state index contributed by atoms with van der Waals surface area (Å²) in [7, 11) is 0. The predicted molar refractivity (Wildman–Crippen MR) is 99.1 cm³/mol. The Labute approximate surface area is 152 Å². The lowest BCUT2D eigenvalue weighted by atomic mass is 10.1. The van der Waals surface area contributed by atoms with Crippen molar-refractivity contribution < 1.29 is 14.1 Å². The van der Waals surface area contributed by atoms with Crippen LogP contribution in [0.4, 0.5) is 5.95 Å². The Kier molecular flexibility index (Phi) is 5.02. The fourth-order valence-electron chi connectivity index (χ4n) is 2.34. The molecule has 134 valence electrons. The van der Waals surface area contributed by atoms with E-state index in [2.05, 4.69) is 15.5 Å². The van der Waals surface area contributed by atoms with E-state index in [0.29, 0.717) is 11.6 Å². The maximum absolute atomic E-state index is 12.3. The lowest BCUT2D eigenvalue weighted by Gasteiger charge is -2.14. The smallest absolute Gasteiger partial charge is 0.270 e. The number of anilines is 1. The second-order valence-electron chi connectivity index (χ2n) is 6.28. The van der Waals surface area contributed by atoms with Crippen LogP contribution in [0.3, 0.4) is 0 Å². The van der Waals surface area contributed by atoms with E-state index in [1.54, 1.807) is 6.92 Å². The quantitative estimate of drug-likeness (QED) is 0.750. The standard InChI is InChI=1S/C20H21N3O3/c1-12-5-8-16(9-6-12)19-22-20(23-26-19)21-18(24)15(4)25-17-10-7-13(2)14(3)11-17/h5-11,15H,1-4H3,(H,21,23,24). The van der Waals surface area contributed by atoms with Gasteiger partial charge in [0.1, 0.15) is 5.75 Å². The topological polar surface area (TPSA) is 77.2 Å². The Morgan fingerprint density at radius 2 is 1.81 bits per heavy atom. The van der Waals surface area contributed by atoms with Gasteiger partial charge in [-0.2, -0.15) is 4.98 Å². The molecule has 3 rings (SSSR count). The predicted octanol–water partition coefficient (Wildman–Crippen LogP) is 4.07. The van der Waals surface area contributed by atoms with Gasteiger partial charge in [0.15, 0.2) is 6.10 Å². The van der Waals surface area contributed by atoms with Crippen molar-refractivity contribution in [2.24, 2.45) is 0 Å². The maximum atomic E-state index is 12.3. The molecule has 1 aromatic heterocycles. The molecular weight excluding hydrogens is 330 g/mol. The third kappa shape index (κ3) is 4.08. The SMILES string of the molecule is Cc1ccc(-c2nc(NC(=O)C(C)Oc3ccc(C)c(C)c3)no2)cc1. The summed E-state index contributed by atoms with van der Waals surface area (Å²) in [6.07, 6.45) is -0.696. The van der Waals surface area contributed by atoms with E-state index in [1.807, 2.05) is 63.2 Å². The van der Waals surface area contributed by atoms with Crippen LogP contribution in [0.25, 0.3) is 11.5 Å². The molecule has 0 aliphatic heterocycles. The molecule has 1 atom stereocenters. The molecule has 0 aliphatic rings. The molecule has 3 aromatic rings. The average Bonchev–Trinajstić information content (AvgIpc) is 3.07. The van der Waals surface area contributed by atoms with Gasteiger partial charge in [-0.1, -0.05) is 23.8 Å². The summed E-state index contributed by atoms with van der Waals surface area (Å²) in [5.41, 5.74) is 4.21. The number of rotatable bonds is 5. The van der Waals surface area contributed by atoms with Crippen LogP contribution in [0, 0.1) is 20.8 Å². The summed E-state index contributed by atoms with van der Waals surface area (Å²) in [4.78, 5) is 16.5. The fourth-order valence-corrected chi connectivity index (χ4v) is 2.34. The summed E-state index contributed by atoms with van der Waals surface area (Å²) in [6.45, 7) is 7.70. The zero-order valence-corrected chi connectivity index (χ0v) is 15.2. The van der Waals surface area contributed by atoms with Crippen LogP contribution in [-0.2, 0) is 4.79 Å². The number of ether oxygens (including phenoxy) is 1. The molecular formula is C20H21N3O3. The summed E-state index contributed by atoms with van der Waals surface area (Å²) in [6, 6.07) is 13.4. The molecule has 0 saturated carbocycles. The Balaban J connectivity index is 1.64. The summed E-state index contributed by atoms with van der Waals surface area (Å²) in [5.74, 6) is 0.757. The number of benzene rings is 2. The molecule has 0 spiro atoms. The molecule has 1 N–H and O–H groups in total. The zero-order valence-electron chi connectivity index (χ0n) is 15.2. The minimum absolute atomic E-state index is 0.112. The first-order chi connectivity index (χ1) is 12.4. The Morgan fingerprint density at radius 3 is 2.50 bits per heavy atom. The highest BCUT2D eigenvalue weighted by Gasteiger charge is 2.18. The van der Waals surface area contributed by atoms with Crippen molar-refractivity contribution in [2.45, 2.75) is 33.8 Å². The van der Waals surface area contributed by atoms with E-state index in [1.165, 1.54) is 5.56 Å². The fraction of sp³-hybridized carbons (Fsp3) is 0.250. The Morgan fingerprint density at radius 1 is 1.08 bits per heavy atom. The van der Waals surface area contributed by atoms with E-state index in [4.69, 9.17) is 9.26 Å². The van der Waals surface area contributed by atoms with Crippen LogP contribution >= 0.6 is 0 Å². The van der Waals surface area contributed by atoms with Crippen LogP contribution < -0.4 is 10.1 Å². The maximum Gasteiger partial charge on any atom is 0.270 e. The first-order valence-electron chi connectivity index (χ1n) is 8.38. The highest BCUT2D eigenvalue weighted by molar-refractivity contribution is 5.92. The number of carbonyl (C=O) groups excluding carboxylic acids is 1. The third-order valence-corrected chi connectivity index (χ3v) is 4.12. The van der Waals surface area contributed by atoms with Crippen molar-refractivity contribution in [3.63, 3.8) is 0 Å². The van der Waals surface area contributed by atoms with Crippen molar-refractivity contribution in [1.29, 1.82) is 0 Å². The van der Waals surface area contributed by atoms with Crippen LogP contribution in [0.1, 0.15) is 23.6 Å². The molecule has 6 heteroatoms. The average molecular weight is 351 g/mol. The highest BCUT2D eigenvalue weighted by atomic mass is 16.5. The number of aryl methyl sites for hydroxylation is 3. The molecule has 1 unspecified atom stereocenters. The lowest BCUT2D eigenvalue weighted by molar-refractivity contribution is -0.122. The number of nitrogens with zero attached hydrogens (tertiary/aromatic N) is 2. The van der Waals surface area contributed by atoms with Gasteiger partial charge in [0.2, 0.25) is 0 Å². The zero-order chi connectivity index (χ0) is 18.7. The first kappa shape index (κ1) is 17.7. The van der Waals surface area contributed by atoms with Gasteiger partial charge in [0.05, 0.1) is 0 Å². The van der Waals surface area contributed by atoms with Crippen molar-refractivity contribution in [3.05, 3.63) is 59.2 Å². The van der Waals surface area contributed by atoms with E-state index < -0.39 is 6.10 Å². The Bertz CT molecular complexity index is 916. The normalized spacial score (nSPS) is 11.8. The van der Waals surface area contributed by atoms with Gasteiger partial charge in [-0.15, -0.1) is 0 Å². The number of hydrogen-bond acceptors (Lipinski definition) is 5. The third-order valence-electron chi connectivity index (χ3n) is 4.12. The highest BCUT2D eigenvalue weighted by Crippen LogP contribution is 2.20. The molecule has 1 amide bonds. The molecule has 26 heavy (non-hydrogen) atoms. The van der Waals surface area contributed by atoms with E-state index >= 15 is 0 Å². The molecule has 1 heterocycles. The molecule has 0 saturated heterocycles. The Hall–Kier alpha value is -3.15. The molecule has 0 bridgehead atoms. The largest absolute Gasteiger partial charge is 0.481 e. The van der Waals surface area contributed by atoms with E-state index in [-0.39, 0.29) is 11.9 Å². The van der Waals surface area contributed by atoms with Crippen LogP contribution in [0.5, 0.6) is 5.75 Å². The van der Waals surface area contributed by atoms with Crippen molar-refractivity contribution >= 4 is 11.9 Å². The second-order valence-corrected chi connectivity index (χ2v) is 6.28. The summed E-state index contributed by atoms with van der Waals surface area (Å²) >= 11 is 0. The molecule has 0 radical (unpaired) electrons. The van der Waals surface area contributed by atoms with E-state index in [0.717, 1.165) is 16.7 Å². The van der Waals surface area contributed by atoms with Crippen LogP contribution in [0.2, 0.25) is 0 Å². The van der Waals surface area contributed by atoms with Gasteiger partial charge < -0.3 is 9.26 Å². The number of nitrogens with one attached hydrogen (secondary N) is 1. The van der Waals surface area contributed by atoms with Crippen molar-refractivity contribution in [2.75, 3.05) is 5.32 Å². The minimum atomic E-state index is -0.696. The van der Waals surface area contributed by atoms with E-state index in [9.17, 15) is 4.79 Å². The van der Waals surface area contributed by atoms with Crippen LogP contribution in [0.15, 0.2) is 47.0 Å². The van der Waals surface area contributed by atoms with Gasteiger partial charge in [-0.3, -0.25) is 10.1 Å². The molecule has 0 aliphatic carbocycles. The summed E-state index contributed by atoms with van der Waals surface area (Å²) < 4.78 is 10.9. The monoisotopic (exact) mass is 351 g/mol. The van der Waals surface area contributed by atoms with Gasteiger partial charge in [-0.05, 0) is 68.2 Å². The number of aromatic nitrogens is 2. The lowest BCUT2D eigenvalue weighted by Crippen LogP contribution is -2.30. The van der Waals surface area contributed by atoms with Gasteiger partial charge in [-0.25, -0.2) is 0 Å². The van der Waals surface area contributed by atoms with Gasteiger partial charge in [0, 0.05) is 5.56 Å². The number of amides is 1. The number of carbonyl (C=O) groups is 1. The summed E-state index contributed by atoms with van der Waals surface area (Å²) in [5, 5.41) is 6.41. The van der Waals surface area contributed by atoms with Gasteiger partial charge >= 0.3 is 0 Å². The minimum Gasteiger partial charge on any atom is -0.481 e.